The highest BCUT2D eigenvalue weighted by Gasteiger charge is 2.37. The Bertz CT molecular complexity index is 455. The van der Waals surface area contributed by atoms with E-state index < -0.39 is 11.7 Å². The first-order chi connectivity index (χ1) is 13.6. The minimum absolute atomic E-state index is 0.150. The highest BCUT2D eigenvalue weighted by molar-refractivity contribution is 5.97. The number of carbonyl (C=O) groups excluding carboxylic acids is 1. The Hall–Kier alpha value is -0.930. The molecule has 1 rings (SSSR count). The summed E-state index contributed by atoms with van der Waals surface area (Å²) < 4.78 is 0. The number of aliphatic hydroxyl groups excluding tert-OH is 1. The molecule has 2 atom stereocenters. The lowest BCUT2D eigenvalue weighted by Gasteiger charge is -2.29. The molecule has 0 aromatic heterocycles. The molecule has 1 aliphatic carbocycles. The van der Waals surface area contributed by atoms with Gasteiger partial charge in [-0.05, 0) is 31.8 Å². The number of allylic oxidation sites excluding steroid dienone is 2. The maximum absolute atomic E-state index is 11.8. The van der Waals surface area contributed by atoms with Gasteiger partial charge < -0.3 is 10.2 Å². The van der Waals surface area contributed by atoms with Crippen molar-refractivity contribution >= 4 is 5.78 Å². The number of ketones is 1. The molecule has 3 heteroatoms. The first kappa shape index (κ1) is 25.1. The summed E-state index contributed by atoms with van der Waals surface area (Å²) in [5.41, 5.74) is -1.33. The maximum Gasteiger partial charge on any atom is 0.187 e. The van der Waals surface area contributed by atoms with Gasteiger partial charge in [0.25, 0.3) is 0 Å². The molecule has 0 spiro atoms. The van der Waals surface area contributed by atoms with E-state index in [4.69, 9.17) is 0 Å². The van der Waals surface area contributed by atoms with Crippen molar-refractivity contribution in [2.24, 2.45) is 0 Å². The Balaban J connectivity index is 1.84. The van der Waals surface area contributed by atoms with Crippen molar-refractivity contribution in [1.82, 2.24) is 0 Å². The zero-order valence-electron chi connectivity index (χ0n) is 18.2. The number of unbranched alkanes of at least 4 members (excludes halogenated alkanes) is 13. The summed E-state index contributed by atoms with van der Waals surface area (Å²) in [6.07, 6.45) is 26.3. The van der Waals surface area contributed by atoms with Crippen LogP contribution >= 0.6 is 0 Å². The van der Waals surface area contributed by atoms with Crippen LogP contribution in [-0.2, 0) is 4.79 Å². The molecular weight excluding hydrogens is 348 g/mol. The van der Waals surface area contributed by atoms with Crippen molar-refractivity contribution in [3.05, 3.63) is 24.3 Å². The largest absolute Gasteiger partial charge is 0.389 e. The second kappa shape index (κ2) is 15.9. The lowest BCUT2D eigenvalue weighted by atomic mass is 9.82. The van der Waals surface area contributed by atoms with Gasteiger partial charge in [0.1, 0.15) is 5.60 Å². The van der Waals surface area contributed by atoms with Crippen molar-refractivity contribution in [2.75, 3.05) is 0 Å². The first-order valence-corrected chi connectivity index (χ1v) is 11.9. The summed E-state index contributed by atoms with van der Waals surface area (Å²) in [6.45, 7) is 2.24. The van der Waals surface area contributed by atoms with Crippen LogP contribution in [0, 0.1) is 0 Å². The summed E-state index contributed by atoms with van der Waals surface area (Å²) in [7, 11) is 0. The second-order valence-electron chi connectivity index (χ2n) is 8.57. The Kier molecular flexibility index (Phi) is 14.3. The molecule has 3 nitrogen and oxygen atoms in total. The van der Waals surface area contributed by atoms with Crippen LogP contribution < -0.4 is 0 Å². The number of carbonyl (C=O) groups is 1. The van der Waals surface area contributed by atoms with Gasteiger partial charge in [-0.1, -0.05) is 102 Å². The molecule has 0 aliphatic heterocycles. The summed E-state index contributed by atoms with van der Waals surface area (Å²) in [4.78, 5) is 11.8. The highest BCUT2D eigenvalue weighted by atomic mass is 16.3. The van der Waals surface area contributed by atoms with Crippen molar-refractivity contribution in [3.8, 4) is 0 Å². The fraction of sp³-hybridized carbons (Fsp3) is 0.800. The quantitative estimate of drug-likeness (QED) is 0.222. The molecule has 0 heterocycles. The van der Waals surface area contributed by atoms with Gasteiger partial charge in [0, 0.05) is 6.42 Å². The predicted molar refractivity (Wildman–Crippen MR) is 118 cm³/mol. The average molecular weight is 393 g/mol. The molecule has 0 amide bonds. The van der Waals surface area contributed by atoms with Gasteiger partial charge in [0.15, 0.2) is 5.78 Å². The molecule has 0 fully saturated rings. The predicted octanol–water partition coefficient (Wildman–Crippen LogP) is 6.43. The standard InChI is InChI=1S/C25H44O3/c1-2-3-4-5-6-7-8-9-10-11-12-13-14-15-16-17-18-21-25(28)22-23(26)19-20-24(25)27/h5-6,19-20,23,26,28H,2-4,7-18,21-22H2,1H3/b6-5-/t23-,25+/m1/s1. The molecule has 0 aromatic rings. The monoisotopic (exact) mass is 392 g/mol. The van der Waals surface area contributed by atoms with Crippen LogP contribution in [-0.4, -0.2) is 27.7 Å². The van der Waals surface area contributed by atoms with Crippen LogP contribution in [0.4, 0.5) is 0 Å². The third-order valence-electron chi connectivity index (χ3n) is 5.83. The lowest BCUT2D eigenvalue weighted by Crippen LogP contribution is -2.43. The molecule has 0 unspecified atom stereocenters. The summed E-state index contributed by atoms with van der Waals surface area (Å²) in [5.74, 6) is -0.245. The van der Waals surface area contributed by atoms with E-state index in [-0.39, 0.29) is 12.2 Å². The van der Waals surface area contributed by atoms with Crippen molar-refractivity contribution in [3.63, 3.8) is 0 Å². The summed E-state index contributed by atoms with van der Waals surface area (Å²) >= 11 is 0. The number of hydrogen-bond donors (Lipinski definition) is 2. The molecule has 0 saturated carbocycles. The molecule has 162 valence electrons. The minimum Gasteiger partial charge on any atom is -0.389 e. The van der Waals surface area contributed by atoms with Gasteiger partial charge in [-0.25, -0.2) is 0 Å². The fourth-order valence-corrected chi connectivity index (χ4v) is 3.92. The Morgan fingerprint density at radius 3 is 1.96 bits per heavy atom. The van der Waals surface area contributed by atoms with E-state index in [0.717, 1.165) is 12.8 Å². The molecule has 1 aliphatic rings. The molecule has 0 radical (unpaired) electrons. The molecule has 2 N–H and O–H groups in total. The maximum atomic E-state index is 11.8. The number of rotatable bonds is 17. The fourth-order valence-electron chi connectivity index (χ4n) is 3.92. The van der Waals surface area contributed by atoms with Crippen LogP contribution in [0.2, 0.25) is 0 Å². The zero-order valence-corrected chi connectivity index (χ0v) is 18.2. The molecule has 0 saturated heterocycles. The van der Waals surface area contributed by atoms with Gasteiger partial charge in [-0.15, -0.1) is 0 Å². The Morgan fingerprint density at radius 2 is 1.39 bits per heavy atom. The van der Waals surface area contributed by atoms with Gasteiger partial charge in [0.2, 0.25) is 0 Å². The van der Waals surface area contributed by atoms with Crippen LogP contribution in [0.15, 0.2) is 24.3 Å². The number of aliphatic hydroxyl groups is 2. The van der Waals surface area contributed by atoms with Crippen molar-refractivity contribution in [1.29, 1.82) is 0 Å². The molecular formula is C25H44O3. The van der Waals surface area contributed by atoms with Crippen molar-refractivity contribution < 1.29 is 15.0 Å². The van der Waals surface area contributed by atoms with Crippen LogP contribution in [0.1, 0.15) is 116 Å². The summed E-state index contributed by atoms with van der Waals surface area (Å²) in [5, 5.41) is 20.0. The van der Waals surface area contributed by atoms with Crippen LogP contribution in [0.5, 0.6) is 0 Å². The Labute approximate surface area is 173 Å². The molecule has 28 heavy (non-hydrogen) atoms. The van der Waals surface area contributed by atoms with E-state index in [1.54, 1.807) is 0 Å². The normalized spacial score (nSPS) is 22.4. The first-order valence-electron chi connectivity index (χ1n) is 11.9. The Morgan fingerprint density at radius 1 is 0.893 bits per heavy atom. The number of hydrogen-bond acceptors (Lipinski definition) is 3. The van der Waals surface area contributed by atoms with Gasteiger partial charge in [-0.2, -0.15) is 0 Å². The van der Waals surface area contributed by atoms with Gasteiger partial charge >= 0.3 is 0 Å². The zero-order chi connectivity index (χ0) is 20.5. The van der Waals surface area contributed by atoms with E-state index in [0.29, 0.717) is 6.42 Å². The van der Waals surface area contributed by atoms with E-state index in [1.807, 2.05) is 0 Å². The molecule has 0 bridgehead atoms. The van der Waals surface area contributed by atoms with E-state index in [9.17, 15) is 15.0 Å². The van der Waals surface area contributed by atoms with E-state index in [1.165, 1.54) is 95.6 Å². The van der Waals surface area contributed by atoms with Gasteiger partial charge in [-0.3, -0.25) is 4.79 Å². The van der Waals surface area contributed by atoms with Crippen molar-refractivity contribution in [2.45, 2.75) is 128 Å². The second-order valence-corrected chi connectivity index (χ2v) is 8.57. The summed E-state index contributed by atoms with van der Waals surface area (Å²) in [6, 6.07) is 0. The third-order valence-corrected chi connectivity index (χ3v) is 5.83. The lowest BCUT2D eigenvalue weighted by molar-refractivity contribution is -0.137. The van der Waals surface area contributed by atoms with Crippen LogP contribution in [0.3, 0.4) is 0 Å². The van der Waals surface area contributed by atoms with E-state index in [2.05, 4.69) is 19.1 Å². The molecule has 0 aromatic carbocycles. The van der Waals surface area contributed by atoms with E-state index >= 15 is 0 Å². The highest BCUT2D eigenvalue weighted by Crippen LogP contribution is 2.27. The average Bonchev–Trinajstić information content (AvgIpc) is 2.67. The third kappa shape index (κ3) is 11.8. The SMILES string of the molecule is CCCC/C=C\CCCCCCCCCCCCC[C@]1(O)C[C@H](O)C=CC1=O. The minimum atomic E-state index is -1.33. The van der Waals surface area contributed by atoms with Gasteiger partial charge in [0.05, 0.1) is 6.10 Å². The van der Waals surface area contributed by atoms with Crippen LogP contribution in [0.25, 0.3) is 0 Å². The topological polar surface area (TPSA) is 57.5 Å². The smallest absolute Gasteiger partial charge is 0.187 e.